The van der Waals surface area contributed by atoms with Crippen LogP contribution in [0.3, 0.4) is 0 Å². The molecule has 0 radical (unpaired) electrons. The molecule has 0 amide bonds. The Morgan fingerprint density at radius 1 is 1.40 bits per heavy atom. The molecule has 4 heteroatoms. The van der Waals surface area contributed by atoms with E-state index >= 15 is 0 Å². The lowest BCUT2D eigenvalue weighted by atomic mass is 10.0. The van der Waals surface area contributed by atoms with E-state index in [0.717, 1.165) is 30.6 Å². The van der Waals surface area contributed by atoms with Gasteiger partial charge in [0.05, 0.1) is 0 Å². The smallest absolute Gasteiger partial charge is 0.280 e. The van der Waals surface area contributed by atoms with E-state index in [-0.39, 0.29) is 5.69 Å². The fourth-order valence-corrected chi connectivity index (χ4v) is 1.65. The molecule has 0 saturated heterocycles. The van der Waals surface area contributed by atoms with Crippen LogP contribution in [0, 0.1) is 0 Å². The minimum atomic E-state index is -2.49. The van der Waals surface area contributed by atoms with Gasteiger partial charge < -0.3 is 5.32 Å². The average Bonchev–Trinajstić information content (AvgIpc) is 2.30. The van der Waals surface area contributed by atoms with Gasteiger partial charge in [0, 0.05) is 12.7 Å². The number of rotatable bonds is 2. The quantitative estimate of drug-likeness (QED) is 0.810. The van der Waals surface area contributed by atoms with Crippen molar-refractivity contribution in [2.24, 2.45) is 0 Å². The Hall–Kier alpha value is -1.29. The molecule has 0 aliphatic carbocycles. The second-order valence-corrected chi connectivity index (χ2v) is 3.45. The number of alkyl halides is 2. The summed E-state index contributed by atoms with van der Waals surface area (Å²) >= 11 is 0. The number of hydrogen-bond acceptors (Lipinski definition) is 2. The molecule has 2 heterocycles. The van der Waals surface area contributed by atoms with Gasteiger partial charge in [-0.1, -0.05) is 6.08 Å². The zero-order chi connectivity index (χ0) is 10.7. The minimum Gasteiger partial charge on any atom is -0.313 e. The van der Waals surface area contributed by atoms with Crippen molar-refractivity contribution in [3.63, 3.8) is 0 Å². The summed E-state index contributed by atoms with van der Waals surface area (Å²) in [6, 6.07) is 3.25. The predicted octanol–water partition coefficient (Wildman–Crippen LogP) is 2.40. The van der Waals surface area contributed by atoms with Crippen molar-refractivity contribution in [1.29, 1.82) is 0 Å². The van der Waals surface area contributed by atoms with E-state index in [0.29, 0.717) is 0 Å². The van der Waals surface area contributed by atoms with Crippen molar-refractivity contribution < 1.29 is 8.78 Å². The summed E-state index contributed by atoms with van der Waals surface area (Å²) in [5, 5.41) is 3.18. The molecule has 0 unspecified atom stereocenters. The summed E-state index contributed by atoms with van der Waals surface area (Å²) in [5.74, 6) is 0. The van der Waals surface area contributed by atoms with E-state index in [9.17, 15) is 8.78 Å². The maximum atomic E-state index is 12.4. The van der Waals surface area contributed by atoms with Crippen LogP contribution in [0.25, 0.3) is 5.57 Å². The third kappa shape index (κ3) is 2.39. The highest BCUT2D eigenvalue weighted by Gasteiger charge is 2.11. The Morgan fingerprint density at radius 3 is 2.93 bits per heavy atom. The highest BCUT2D eigenvalue weighted by molar-refractivity contribution is 5.66. The van der Waals surface area contributed by atoms with Crippen LogP contribution in [0.15, 0.2) is 24.4 Å². The molecule has 0 spiro atoms. The molecule has 0 atom stereocenters. The third-order valence-electron chi connectivity index (χ3n) is 2.44. The maximum absolute atomic E-state index is 12.4. The van der Waals surface area contributed by atoms with Crippen LogP contribution in [-0.2, 0) is 0 Å². The molecular formula is C11H12F2N2. The highest BCUT2D eigenvalue weighted by atomic mass is 19.3. The molecule has 0 fully saturated rings. The summed E-state index contributed by atoms with van der Waals surface area (Å²) in [4.78, 5) is 3.64. The number of aromatic nitrogens is 1. The molecule has 0 bridgehead atoms. The Kier molecular flexibility index (Phi) is 3.06. The first-order valence-corrected chi connectivity index (χ1v) is 4.91. The van der Waals surface area contributed by atoms with Gasteiger partial charge in [0.2, 0.25) is 0 Å². The van der Waals surface area contributed by atoms with E-state index in [1.807, 2.05) is 6.08 Å². The first-order chi connectivity index (χ1) is 7.27. The molecule has 0 saturated carbocycles. The molecule has 1 aromatic rings. The van der Waals surface area contributed by atoms with Gasteiger partial charge in [0.1, 0.15) is 5.69 Å². The maximum Gasteiger partial charge on any atom is 0.280 e. The summed E-state index contributed by atoms with van der Waals surface area (Å²) in [7, 11) is 0. The summed E-state index contributed by atoms with van der Waals surface area (Å²) < 4.78 is 24.8. The molecule has 1 N–H and O–H groups in total. The van der Waals surface area contributed by atoms with Crippen molar-refractivity contribution in [2.45, 2.75) is 12.8 Å². The molecular weight excluding hydrogens is 198 g/mol. The second kappa shape index (κ2) is 4.49. The van der Waals surface area contributed by atoms with Crippen molar-refractivity contribution in [1.82, 2.24) is 10.3 Å². The molecule has 1 aromatic heterocycles. The zero-order valence-corrected chi connectivity index (χ0v) is 8.21. The van der Waals surface area contributed by atoms with Crippen LogP contribution < -0.4 is 5.32 Å². The van der Waals surface area contributed by atoms with Gasteiger partial charge in [-0.3, -0.25) is 4.98 Å². The van der Waals surface area contributed by atoms with Crippen LogP contribution in [0.4, 0.5) is 8.78 Å². The van der Waals surface area contributed by atoms with Gasteiger partial charge in [0.15, 0.2) is 0 Å². The molecule has 1 aliphatic heterocycles. The molecule has 15 heavy (non-hydrogen) atoms. The minimum absolute atomic E-state index is 0.146. The zero-order valence-electron chi connectivity index (χ0n) is 8.21. The van der Waals surface area contributed by atoms with Crippen molar-refractivity contribution in [2.75, 3.05) is 13.1 Å². The van der Waals surface area contributed by atoms with Gasteiger partial charge in [-0.05, 0) is 36.2 Å². The Labute approximate surface area is 87.0 Å². The normalized spacial score (nSPS) is 16.6. The van der Waals surface area contributed by atoms with Crippen molar-refractivity contribution in [3.8, 4) is 0 Å². The monoisotopic (exact) mass is 210 g/mol. The van der Waals surface area contributed by atoms with E-state index in [4.69, 9.17) is 0 Å². The molecule has 1 aliphatic rings. The van der Waals surface area contributed by atoms with Crippen LogP contribution in [0.1, 0.15) is 24.1 Å². The SMILES string of the molecule is FC(F)c1cc(C2=CCNCC2)ccn1. The van der Waals surface area contributed by atoms with Crippen LogP contribution in [0.2, 0.25) is 0 Å². The van der Waals surface area contributed by atoms with Crippen LogP contribution >= 0.6 is 0 Å². The Bertz CT molecular complexity index is 375. The van der Waals surface area contributed by atoms with Crippen molar-refractivity contribution >= 4 is 5.57 Å². The second-order valence-electron chi connectivity index (χ2n) is 3.45. The highest BCUT2D eigenvalue weighted by Crippen LogP contribution is 2.23. The summed E-state index contributed by atoms with van der Waals surface area (Å²) in [6.07, 6.45) is 1.87. The van der Waals surface area contributed by atoms with Crippen LogP contribution in [0.5, 0.6) is 0 Å². The van der Waals surface area contributed by atoms with E-state index in [2.05, 4.69) is 10.3 Å². The number of hydrogen-bond donors (Lipinski definition) is 1. The van der Waals surface area contributed by atoms with Gasteiger partial charge in [-0.25, -0.2) is 8.78 Å². The largest absolute Gasteiger partial charge is 0.313 e. The number of nitrogens with one attached hydrogen (secondary N) is 1. The van der Waals surface area contributed by atoms with E-state index in [1.165, 1.54) is 12.3 Å². The first-order valence-electron chi connectivity index (χ1n) is 4.91. The Balaban J connectivity index is 2.27. The van der Waals surface area contributed by atoms with E-state index in [1.54, 1.807) is 6.07 Å². The molecule has 0 aromatic carbocycles. The Morgan fingerprint density at radius 2 is 2.27 bits per heavy atom. The molecule has 2 nitrogen and oxygen atoms in total. The molecule has 2 rings (SSSR count). The third-order valence-corrected chi connectivity index (χ3v) is 2.44. The fourth-order valence-electron chi connectivity index (χ4n) is 1.65. The average molecular weight is 210 g/mol. The number of pyridine rings is 1. The van der Waals surface area contributed by atoms with Gasteiger partial charge in [0.25, 0.3) is 6.43 Å². The predicted molar refractivity (Wildman–Crippen MR) is 54.7 cm³/mol. The van der Waals surface area contributed by atoms with Crippen molar-refractivity contribution in [3.05, 3.63) is 35.7 Å². The van der Waals surface area contributed by atoms with E-state index < -0.39 is 6.43 Å². The number of nitrogens with zero attached hydrogens (tertiary/aromatic N) is 1. The summed E-state index contributed by atoms with van der Waals surface area (Å²) in [6.45, 7) is 1.71. The standard InChI is InChI=1S/C11H12F2N2/c12-11(13)10-7-9(3-6-15-10)8-1-4-14-5-2-8/h1,3,6-7,11,14H,2,4-5H2. The topological polar surface area (TPSA) is 24.9 Å². The lowest BCUT2D eigenvalue weighted by Crippen LogP contribution is -2.20. The lowest BCUT2D eigenvalue weighted by Gasteiger charge is -2.14. The first kappa shape index (κ1) is 10.2. The summed E-state index contributed by atoms with van der Waals surface area (Å²) in [5.41, 5.74) is 1.84. The molecule has 80 valence electrons. The number of halogens is 2. The van der Waals surface area contributed by atoms with Gasteiger partial charge in [-0.2, -0.15) is 0 Å². The fraction of sp³-hybridized carbons (Fsp3) is 0.364. The lowest BCUT2D eigenvalue weighted by molar-refractivity contribution is 0.146. The van der Waals surface area contributed by atoms with Gasteiger partial charge in [-0.15, -0.1) is 0 Å². The van der Waals surface area contributed by atoms with Gasteiger partial charge >= 0.3 is 0 Å². The van der Waals surface area contributed by atoms with Crippen LogP contribution in [-0.4, -0.2) is 18.1 Å².